The molecule has 2 heterocycles. The standard InChI is InChI=1S/C17H11N5O2/c18-10-13-12(11-5-1-2-7-16(11)22(23)24)9-15(21-17(13)19)14-6-3-4-8-20-14/h1-9H,(H2,19,21). The average Bonchev–Trinajstić information content (AvgIpc) is 2.61. The zero-order valence-corrected chi connectivity index (χ0v) is 12.4. The summed E-state index contributed by atoms with van der Waals surface area (Å²) in [5.41, 5.74) is 7.58. The number of nitrogens with zero attached hydrogens (tertiary/aromatic N) is 4. The third-order valence-electron chi connectivity index (χ3n) is 3.48. The van der Waals surface area contributed by atoms with Gasteiger partial charge in [0, 0.05) is 17.8 Å². The lowest BCUT2D eigenvalue weighted by molar-refractivity contribution is -0.384. The average molecular weight is 317 g/mol. The Hall–Kier alpha value is -3.79. The Balaban J connectivity index is 2.30. The van der Waals surface area contributed by atoms with Crippen molar-refractivity contribution in [2.75, 3.05) is 5.73 Å². The summed E-state index contributed by atoms with van der Waals surface area (Å²) in [6.07, 6.45) is 1.61. The topological polar surface area (TPSA) is 119 Å². The molecule has 0 amide bonds. The maximum absolute atomic E-state index is 11.3. The predicted octanol–water partition coefficient (Wildman–Crippen LogP) is 3.17. The summed E-state index contributed by atoms with van der Waals surface area (Å²) >= 11 is 0. The summed E-state index contributed by atoms with van der Waals surface area (Å²) in [5, 5.41) is 20.7. The van der Waals surface area contributed by atoms with Crippen LogP contribution in [0.5, 0.6) is 0 Å². The lowest BCUT2D eigenvalue weighted by Gasteiger charge is -2.10. The van der Waals surface area contributed by atoms with Gasteiger partial charge in [0.25, 0.3) is 5.69 Å². The molecule has 0 spiro atoms. The van der Waals surface area contributed by atoms with Crippen LogP contribution < -0.4 is 5.73 Å². The molecule has 0 aliphatic heterocycles. The van der Waals surface area contributed by atoms with Crippen molar-refractivity contribution < 1.29 is 4.92 Å². The first-order valence-electron chi connectivity index (χ1n) is 6.97. The number of para-hydroxylation sites is 1. The Kier molecular flexibility index (Phi) is 3.87. The molecule has 0 bridgehead atoms. The second-order valence-corrected chi connectivity index (χ2v) is 4.92. The Morgan fingerprint density at radius 3 is 2.50 bits per heavy atom. The first kappa shape index (κ1) is 15.1. The molecule has 2 N–H and O–H groups in total. The molecule has 0 unspecified atom stereocenters. The fourth-order valence-electron chi connectivity index (χ4n) is 2.40. The van der Waals surface area contributed by atoms with Gasteiger partial charge in [0.1, 0.15) is 17.5 Å². The molecular weight excluding hydrogens is 306 g/mol. The number of anilines is 1. The van der Waals surface area contributed by atoms with Gasteiger partial charge >= 0.3 is 0 Å². The fourth-order valence-corrected chi connectivity index (χ4v) is 2.40. The van der Waals surface area contributed by atoms with Crippen LogP contribution >= 0.6 is 0 Å². The lowest BCUT2D eigenvalue weighted by Crippen LogP contribution is -2.01. The van der Waals surface area contributed by atoms with E-state index < -0.39 is 4.92 Å². The van der Waals surface area contributed by atoms with Crippen LogP contribution in [0.25, 0.3) is 22.5 Å². The summed E-state index contributed by atoms with van der Waals surface area (Å²) in [6.45, 7) is 0. The second kappa shape index (κ2) is 6.14. The number of hydrogen-bond donors (Lipinski definition) is 1. The van der Waals surface area contributed by atoms with E-state index in [1.165, 1.54) is 6.07 Å². The van der Waals surface area contributed by atoms with Crippen molar-refractivity contribution in [2.45, 2.75) is 0 Å². The number of nitrogen functional groups attached to an aromatic ring is 1. The van der Waals surface area contributed by atoms with Crippen LogP contribution in [0.1, 0.15) is 5.56 Å². The van der Waals surface area contributed by atoms with E-state index >= 15 is 0 Å². The van der Waals surface area contributed by atoms with Crippen LogP contribution in [0.15, 0.2) is 54.7 Å². The van der Waals surface area contributed by atoms with Crippen LogP contribution in [0.4, 0.5) is 11.5 Å². The molecule has 0 fully saturated rings. The Labute approximate surface area is 137 Å². The number of aromatic nitrogens is 2. The van der Waals surface area contributed by atoms with Gasteiger partial charge in [-0.15, -0.1) is 0 Å². The molecule has 7 heteroatoms. The molecule has 0 aliphatic rings. The van der Waals surface area contributed by atoms with E-state index in [1.807, 2.05) is 6.07 Å². The van der Waals surface area contributed by atoms with Crippen molar-refractivity contribution in [3.8, 4) is 28.6 Å². The number of rotatable bonds is 3. The summed E-state index contributed by atoms with van der Waals surface area (Å²) in [5.74, 6) is 0.00815. The molecule has 3 rings (SSSR count). The smallest absolute Gasteiger partial charge is 0.277 e. The Morgan fingerprint density at radius 1 is 1.08 bits per heavy atom. The van der Waals surface area contributed by atoms with Crippen molar-refractivity contribution in [3.63, 3.8) is 0 Å². The van der Waals surface area contributed by atoms with Crippen LogP contribution in [0.2, 0.25) is 0 Å². The molecule has 24 heavy (non-hydrogen) atoms. The van der Waals surface area contributed by atoms with Gasteiger partial charge in [0.05, 0.1) is 21.9 Å². The fraction of sp³-hybridized carbons (Fsp3) is 0. The van der Waals surface area contributed by atoms with Crippen LogP contribution in [-0.2, 0) is 0 Å². The Bertz CT molecular complexity index is 964. The largest absolute Gasteiger partial charge is 0.383 e. The van der Waals surface area contributed by atoms with E-state index in [4.69, 9.17) is 5.73 Å². The highest BCUT2D eigenvalue weighted by Crippen LogP contribution is 2.35. The molecular formula is C17H11N5O2. The molecule has 0 atom stereocenters. The van der Waals surface area contributed by atoms with Crippen molar-refractivity contribution >= 4 is 11.5 Å². The number of hydrogen-bond acceptors (Lipinski definition) is 6. The van der Waals surface area contributed by atoms with E-state index in [2.05, 4.69) is 9.97 Å². The minimum atomic E-state index is -0.493. The second-order valence-electron chi connectivity index (χ2n) is 4.92. The maximum atomic E-state index is 11.3. The number of benzene rings is 1. The molecule has 0 saturated heterocycles. The van der Waals surface area contributed by atoms with Gasteiger partial charge in [-0.2, -0.15) is 5.26 Å². The molecule has 0 saturated carbocycles. The highest BCUT2D eigenvalue weighted by molar-refractivity contribution is 5.83. The minimum absolute atomic E-state index is 0.00815. The highest BCUT2D eigenvalue weighted by atomic mass is 16.6. The molecule has 116 valence electrons. The van der Waals surface area contributed by atoms with Crippen molar-refractivity contribution in [2.24, 2.45) is 0 Å². The predicted molar refractivity (Wildman–Crippen MR) is 88.7 cm³/mol. The van der Waals surface area contributed by atoms with Gasteiger partial charge in [0.2, 0.25) is 0 Å². The molecule has 3 aromatic rings. The summed E-state index contributed by atoms with van der Waals surface area (Å²) in [4.78, 5) is 19.2. The van der Waals surface area contributed by atoms with E-state index in [0.717, 1.165) is 0 Å². The molecule has 1 aromatic carbocycles. The molecule has 0 radical (unpaired) electrons. The van der Waals surface area contributed by atoms with Gasteiger partial charge < -0.3 is 5.73 Å². The van der Waals surface area contributed by atoms with Gasteiger partial charge in [-0.3, -0.25) is 15.1 Å². The third kappa shape index (κ3) is 2.64. The normalized spacial score (nSPS) is 10.1. The highest BCUT2D eigenvalue weighted by Gasteiger charge is 2.20. The summed E-state index contributed by atoms with van der Waals surface area (Å²) < 4.78 is 0. The van der Waals surface area contributed by atoms with Crippen LogP contribution in [0, 0.1) is 21.4 Å². The zero-order chi connectivity index (χ0) is 17.1. The van der Waals surface area contributed by atoms with E-state index in [-0.39, 0.29) is 17.1 Å². The van der Waals surface area contributed by atoms with Gasteiger partial charge in [-0.25, -0.2) is 4.98 Å². The number of nitrogens with two attached hydrogens (primary N) is 1. The maximum Gasteiger partial charge on any atom is 0.277 e. The molecule has 7 nitrogen and oxygen atoms in total. The van der Waals surface area contributed by atoms with Crippen molar-refractivity contribution in [3.05, 3.63) is 70.4 Å². The third-order valence-corrected chi connectivity index (χ3v) is 3.48. The first-order chi connectivity index (χ1) is 11.6. The van der Waals surface area contributed by atoms with Crippen molar-refractivity contribution in [1.29, 1.82) is 5.26 Å². The quantitative estimate of drug-likeness (QED) is 0.585. The summed E-state index contributed by atoms with van der Waals surface area (Å²) in [6, 6.07) is 15.1. The first-order valence-corrected chi connectivity index (χ1v) is 6.97. The number of pyridine rings is 2. The van der Waals surface area contributed by atoms with Gasteiger partial charge in [0.15, 0.2) is 0 Å². The van der Waals surface area contributed by atoms with E-state index in [9.17, 15) is 15.4 Å². The zero-order valence-electron chi connectivity index (χ0n) is 12.4. The van der Waals surface area contributed by atoms with E-state index in [0.29, 0.717) is 22.5 Å². The van der Waals surface area contributed by atoms with Crippen molar-refractivity contribution in [1.82, 2.24) is 9.97 Å². The lowest BCUT2D eigenvalue weighted by atomic mass is 9.98. The minimum Gasteiger partial charge on any atom is -0.383 e. The van der Waals surface area contributed by atoms with Gasteiger partial charge in [-0.1, -0.05) is 18.2 Å². The molecule has 0 aliphatic carbocycles. The Morgan fingerprint density at radius 2 is 1.83 bits per heavy atom. The van der Waals surface area contributed by atoms with Gasteiger partial charge in [-0.05, 0) is 24.3 Å². The SMILES string of the molecule is N#Cc1c(-c2ccccc2[N+](=O)[O-])cc(-c2ccccn2)nc1N. The molecule has 2 aromatic heterocycles. The summed E-state index contributed by atoms with van der Waals surface area (Å²) in [7, 11) is 0. The monoisotopic (exact) mass is 317 g/mol. The number of nitro groups is 1. The van der Waals surface area contributed by atoms with Crippen LogP contribution in [-0.4, -0.2) is 14.9 Å². The van der Waals surface area contributed by atoms with E-state index in [1.54, 1.807) is 48.7 Å². The number of nitro benzene ring substituents is 1. The van der Waals surface area contributed by atoms with Crippen LogP contribution in [0.3, 0.4) is 0 Å². The number of nitriles is 1.